The van der Waals surface area contributed by atoms with Gasteiger partial charge in [0.05, 0.1) is 17.4 Å². The van der Waals surface area contributed by atoms with E-state index in [4.69, 9.17) is 0 Å². The molecule has 0 aliphatic heterocycles. The van der Waals surface area contributed by atoms with E-state index >= 15 is 0 Å². The van der Waals surface area contributed by atoms with Gasteiger partial charge in [0.15, 0.2) is 0 Å². The Balaban J connectivity index is 2.19. The van der Waals surface area contributed by atoms with E-state index in [1.165, 1.54) is 18.4 Å². The van der Waals surface area contributed by atoms with E-state index in [-0.39, 0.29) is 5.69 Å². The summed E-state index contributed by atoms with van der Waals surface area (Å²) in [5, 5.41) is 2.74. The van der Waals surface area contributed by atoms with Crippen molar-refractivity contribution in [3.05, 3.63) is 40.6 Å². The van der Waals surface area contributed by atoms with Crippen LogP contribution in [0.15, 0.2) is 29.2 Å². The molecule has 0 amide bonds. The second-order valence-corrected chi connectivity index (χ2v) is 4.13. The van der Waals surface area contributed by atoms with Crippen molar-refractivity contribution in [2.45, 2.75) is 25.7 Å². The summed E-state index contributed by atoms with van der Waals surface area (Å²) in [4.78, 5) is 14.9. The van der Waals surface area contributed by atoms with Crippen molar-refractivity contribution in [1.29, 1.82) is 0 Å². The van der Waals surface area contributed by atoms with Crippen LogP contribution in [0.3, 0.4) is 0 Å². The molecule has 0 saturated heterocycles. The molecule has 2 aromatic heterocycles. The fourth-order valence-corrected chi connectivity index (χ4v) is 2.25. The fraction of sp³-hybridized carbons (Fsp3) is 0.333. The van der Waals surface area contributed by atoms with Gasteiger partial charge in [-0.15, -0.1) is 0 Å². The third-order valence-electron chi connectivity index (χ3n) is 3.05. The van der Waals surface area contributed by atoms with Gasteiger partial charge in [-0.25, -0.2) is 9.89 Å². The summed E-state index contributed by atoms with van der Waals surface area (Å²) in [6.07, 6.45) is 8.60. The summed E-state index contributed by atoms with van der Waals surface area (Å²) in [5.41, 5.74) is 3.05. The van der Waals surface area contributed by atoms with E-state index in [9.17, 15) is 4.79 Å². The van der Waals surface area contributed by atoms with Gasteiger partial charge in [0.25, 0.3) is 0 Å². The average Bonchev–Trinajstić information content (AvgIpc) is 2.73. The van der Waals surface area contributed by atoms with Gasteiger partial charge in [0.1, 0.15) is 0 Å². The predicted octanol–water partition coefficient (Wildman–Crippen LogP) is 1.98. The Morgan fingerprint density at radius 1 is 1.31 bits per heavy atom. The molecule has 0 saturated carbocycles. The molecule has 0 bridgehead atoms. The number of fused-ring (bicyclic) bond motifs is 1. The zero-order valence-electron chi connectivity index (χ0n) is 8.94. The molecule has 82 valence electrons. The Labute approximate surface area is 92.6 Å². The lowest BCUT2D eigenvalue weighted by Gasteiger charge is -2.12. The van der Waals surface area contributed by atoms with Crippen molar-refractivity contribution in [1.82, 2.24) is 14.6 Å². The van der Waals surface area contributed by atoms with Gasteiger partial charge in [-0.3, -0.25) is 4.52 Å². The second-order valence-electron chi connectivity index (χ2n) is 4.13. The van der Waals surface area contributed by atoms with Gasteiger partial charge in [-0.2, -0.15) is 4.98 Å². The Morgan fingerprint density at radius 2 is 2.25 bits per heavy atom. The van der Waals surface area contributed by atoms with Crippen molar-refractivity contribution in [3.63, 3.8) is 0 Å². The summed E-state index contributed by atoms with van der Waals surface area (Å²) >= 11 is 0. The normalized spacial score (nSPS) is 16.4. The molecule has 0 unspecified atom stereocenters. The lowest BCUT2D eigenvalue weighted by atomic mass is 9.97. The average molecular weight is 215 g/mol. The van der Waals surface area contributed by atoms with Crippen LogP contribution in [-0.4, -0.2) is 14.6 Å². The summed E-state index contributed by atoms with van der Waals surface area (Å²) in [6.45, 7) is 0. The van der Waals surface area contributed by atoms with E-state index in [1.54, 1.807) is 6.20 Å². The molecule has 0 radical (unpaired) electrons. The van der Waals surface area contributed by atoms with Crippen LogP contribution in [0.1, 0.15) is 31.4 Å². The van der Waals surface area contributed by atoms with Crippen molar-refractivity contribution in [2.75, 3.05) is 0 Å². The molecule has 0 fully saturated rings. The molecule has 0 aromatic carbocycles. The first-order valence-corrected chi connectivity index (χ1v) is 5.61. The Morgan fingerprint density at radius 3 is 3.06 bits per heavy atom. The highest BCUT2D eigenvalue weighted by molar-refractivity contribution is 5.67. The minimum absolute atomic E-state index is 0.304. The molecule has 1 N–H and O–H groups in total. The van der Waals surface area contributed by atoms with Gasteiger partial charge in [0.2, 0.25) is 0 Å². The van der Waals surface area contributed by atoms with Crippen LogP contribution in [0.4, 0.5) is 0 Å². The molecule has 4 heteroatoms. The first-order valence-electron chi connectivity index (χ1n) is 5.61. The quantitative estimate of drug-likeness (QED) is 0.790. The van der Waals surface area contributed by atoms with Crippen LogP contribution in [0.25, 0.3) is 11.1 Å². The predicted molar refractivity (Wildman–Crippen MR) is 62.3 cm³/mol. The van der Waals surface area contributed by atoms with Crippen molar-refractivity contribution < 1.29 is 0 Å². The minimum atomic E-state index is -0.304. The topological polar surface area (TPSA) is 50.2 Å². The van der Waals surface area contributed by atoms with Crippen LogP contribution in [0.2, 0.25) is 0 Å². The third-order valence-corrected chi connectivity index (χ3v) is 3.05. The van der Waals surface area contributed by atoms with E-state index in [2.05, 4.69) is 16.2 Å². The maximum atomic E-state index is 11.2. The number of H-pyrrole nitrogens is 1. The van der Waals surface area contributed by atoms with Gasteiger partial charge < -0.3 is 0 Å². The largest absolute Gasteiger partial charge is 0.360 e. The zero-order valence-corrected chi connectivity index (χ0v) is 8.94. The molecule has 16 heavy (non-hydrogen) atoms. The van der Waals surface area contributed by atoms with E-state index < -0.39 is 0 Å². The highest BCUT2D eigenvalue weighted by atomic mass is 16.1. The van der Waals surface area contributed by atoms with Crippen LogP contribution in [0, 0.1) is 0 Å². The number of aromatic amines is 1. The lowest BCUT2D eigenvalue weighted by molar-refractivity contribution is 0.734. The standard InChI is InChI=1S/C12H13N3O/c16-12-13-8-10-6-7-11(15(10)14-12)9-4-2-1-3-5-9/h4,6-8H,1-3,5H2,(H,14,16). The molecule has 3 rings (SSSR count). The third kappa shape index (κ3) is 1.46. The Bertz CT molecular complexity index is 606. The lowest BCUT2D eigenvalue weighted by Crippen LogP contribution is -2.15. The number of allylic oxidation sites excluding steroid dienone is 2. The van der Waals surface area contributed by atoms with E-state index in [0.717, 1.165) is 24.1 Å². The molecule has 0 spiro atoms. The number of rotatable bonds is 1. The molecular weight excluding hydrogens is 202 g/mol. The van der Waals surface area contributed by atoms with Gasteiger partial charge in [-0.1, -0.05) is 6.08 Å². The van der Waals surface area contributed by atoms with Gasteiger partial charge in [-0.05, 0) is 43.4 Å². The highest BCUT2D eigenvalue weighted by Gasteiger charge is 2.10. The number of hydrogen-bond acceptors (Lipinski definition) is 2. The molecule has 4 nitrogen and oxygen atoms in total. The van der Waals surface area contributed by atoms with Crippen molar-refractivity contribution in [2.24, 2.45) is 0 Å². The summed E-state index contributed by atoms with van der Waals surface area (Å²) < 4.78 is 1.83. The minimum Gasteiger partial charge on any atom is -0.251 e. The second kappa shape index (κ2) is 3.63. The number of nitrogens with zero attached hydrogens (tertiary/aromatic N) is 2. The number of aromatic nitrogens is 3. The van der Waals surface area contributed by atoms with Gasteiger partial charge >= 0.3 is 5.69 Å². The molecule has 2 heterocycles. The maximum Gasteiger partial charge on any atom is 0.360 e. The molecular formula is C12H13N3O. The zero-order chi connectivity index (χ0) is 11.0. The van der Waals surface area contributed by atoms with E-state index in [0.29, 0.717) is 0 Å². The SMILES string of the molecule is O=c1ncc2ccc(C3=CCCCC3)n2[nH]1. The monoisotopic (exact) mass is 215 g/mol. The summed E-state index contributed by atoms with van der Waals surface area (Å²) in [5.74, 6) is 0. The number of hydrogen-bond donors (Lipinski definition) is 1. The number of nitrogens with one attached hydrogen (secondary N) is 1. The fourth-order valence-electron chi connectivity index (χ4n) is 2.25. The van der Waals surface area contributed by atoms with Crippen LogP contribution < -0.4 is 5.69 Å². The molecule has 1 aliphatic rings. The Hall–Kier alpha value is -1.84. The van der Waals surface area contributed by atoms with Crippen LogP contribution in [0.5, 0.6) is 0 Å². The first kappa shape index (κ1) is 9.39. The highest BCUT2D eigenvalue weighted by Crippen LogP contribution is 2.27. The van der Waals surface area contributed by atoms with Gasteiger partial charge in [0, 0.05) is 0 Å². The molecule has 0 atom stereocenters. The molecule has 1 aliphatic carbocycles. The summed E-state index contributed by atoms with van der Waals surface area (Å²) in [7, 11) is 0. The summed E-state index contributed by atoms with van der Waals surface area (Å²) in [6, 6.07) is 4.03. The van der Waals surface area contributed by atoms with Crippen molar-refractivity contribution in [3.8, 4) is 0 Å². The molecule has 2 aromatic rings. The van der Waals surface area contributed by atoms with Crippen molar-refractivity contribution >= 4 is 11.1 Å². The Kier molecular flexibility index (Phi) is 2.13. The first-order chi connectivity index (χ1) is 7.84. The van der Waals surface area contributed by atoms with Crippen LogP contribution in [-0.2, 0) is 0 Å². The van der Waals surface area contributed by atoms with E-state index in [1.807, 2.05) is 16.6 Å². The maximum absolute atomic E-state index is 11.2. The smallest absolute Gasteiger partial charge is 0.251 e. The van der Waals surface area contributed by atoms with Crippen LogP contribution >= 0.6 is 0 Å².